The van der Waals surface area contributed by atoms with E-state index in [-0.39, 0.29) is 11.9 Å². The average molecular weight is 400 g/mol. The number of aryl methyl sites for hydroxylation is 2. The van der Waals surface area contributed by atoms with Crippen LogP contribution in [0, 0.1) is 0 Å². The van der Waals surface area contributed by atoms with Crippen LogP contribution in [0.3, 0.4) is 0 Å². The molecule has 2 aromatic carbocycles. The van der Waals surface area contributed by atoms with Crippen molar-refractivity contribution < 1.29 is 9.21 Å². The van der Waals surface area contributed by atoms with Gasteiger partial charge in [-0.2, -0.15) is 0 Å². The average Bonchev–Trinajstić information content (AvgIpc) is 3.40. The first-order valence-electron chi connectivity index (χ1n) is 10.5. The van der Waals surface area contributed by atoms with E-state index in [9.17, 15) is 4.79 Å². The molecule has 0 spiro atoms. The molecule has 2 N–H and O–H groups in total. The van der Waals surface area contributed by atoms with Gasteiger partial charge in [0.05, 0.1) is 12.5 Å². The summed E-state index contributed by atoms with van der Waals surface area (Å²) in [5.41, 5.74) is 4.80. The highest BCUT2D eigenvalue weighted by Gasteiger charge is 2.21. The first kappa shape index (κ1) is 18.6. The zero-order chi connectivity index (χ0) is 20.3. The minimum Gasteiger partial charge on any atom is -0.425 e. The van der Waals surface area contributed by atoms with Crippen LogP contribution in [0.4, 0.5) is 0 Å². The zero-order valence-corrected chi connectivity index (χ0v) is 16.7. The molecule has 1 atom stereocenters. The molecule has 2 heterocycles. The molecule has 6 nitrogen and oxygen atoms in total. The van der Waals surface area contributed by atoms with E-state index in [1.54, 1.807) is 0 Å². The number of rotatable bonds is 6. The van der Waals surface area contributed by atoms with Crippen molar-refractivity contribution in [1.82, 2.24) is 20.5 Å². The summed E-state index contributed by atoms with van der Waals surface area (Å²) >= 11 is 0. The molecule has 0 fully saturated rings. The summed E-state index contributed by atoms with van der Waals surface area (Å²) in [6.07, 6.45) is 6.51. The van der Waals surface area contributed by atoms with Gasteiger partial charge in [-0.15, -0.1) is 10.2 Å². The van der Waals surface area contributed by atoms with Gasteiger partial charge in [0, 0.05) is 29.9 Å². The summed E-state index contributed by atoms with van der Waals surface area (Å²) in [6, 6.07) is 16.6. The van der Waals surface area contributed by atoms with Crippen LogP contribution < -0.4 is 5.32 Å². The molecule has 0 saturated carbocycles. The van der Waals surface area contributed by atoms with E-state index in [4.69, 9.17) is 4.42 Å². The van der Waals surface area contributed by atoms with Crippen LogP contribution in [-0.2, 0) is 24.1 Å². The van der Waals surface area contributed by atoms with Crippen molar-refractivity contribution in [3.63, 3.8) is 0 Å². The minimum absolute atomic E-state index is 0.0214. The third-order valence-electron chi connectivity index (χ3n) is 5.80. The first-order chi connectivity index (χ1) is 14.8. The van der Waals surface area contributed by atoms with E-state index in [1.807, 2.05) is 30.5 Å². The van der Waals surface area contributed by atoms with Crippen molar-refractivity contribution in [3.05, 3.63) is 83.2 Å². The number of para-hydroxylation sites is 1. The number of aromatic amines is 1. The van der Waals surface area contributed by atoms with Crippen molar-refractivity contribution in [3.8, 4) is 0 Å². The fraction of sp³-hybridized carbons (Fsp3) is 0.292. The van der Waals surface area contributed by atoms with E-state index in [0.717, 1.165) is 35.7 Å². The number of hydrogen-bond acceptors (Lipinski definition) is 4. The molecule has 1 amide bonds. The van der Waals surface area contributed by atoms with E-state index in [2.05, 4.69) is 44.8 Å². The van der Waals surface area contributed by atoms with Gasteiger partial charge in [-0.1, -0.05) is 42.5 Å². The van der Waals surface area contributed by atoms with Gasteiger partial charge in [-0.3, -0.25) is 4.79 Å². The number of aromatic nitrogens is 3. The van der Waals surface area contributed by atoms with Gasteiger partial charge >= 0.3 is 0 Å². The van der Waals surface area contributed by atoms with Crippen molar-refractivity contribution >= 4 is 16.8 Å². The van der Waals surface area contributed by atoms with Crippen molar-refractivity contribution in [2.75, 3.05) is 0 Å². The first-order valence-corrected chi connectivity index (χ1v) is 10.5. The zero-order valence-electron chi connectivity index (χ0n) is 16.7. The molecular formula is C24H24N4O2. The number of hydrogen-bond donors (Lipinski definition) is 2. The Morgan fingerprint density at radius 2 is 1.93 bits per heavy atom. The van der Waals surface area contributed by atoms with Gasteiger partial charge in [0.1, 0.15) is 0 Å². The van der Waals surface area contributed by atoms with E-state index < -0.39 is 0 Å². The molecule has 6 heteroatoms. The lowest BCUT2D eigenvalue weighted by molar-refractivity contribution is -0.122. The van der Waals surface area contributed by atoms with Crippen LogP contribution in [0.25, 0.3) is 10.9 Å². The van der Waals surface area contributed by atoms with Gasteiger partial charge in [-0.25, -0.2) is 0 Å². The maximum absolute atomic E-state index is 12.5. The summed E-state index contributed by atoms with van der Waals surface area (Å²) < 4.78 is 5.79. The highest BCUT2D eigenvalue weighted by molar-refractivity contribution is 5.83. The molecule has 0 aliphatic heterocycles. The van der Waals surface area contributed by atoms with Crippen LogP contribution in [0.2, 0.25) is 0 Å². The van der Waals surface area contributed by atoms with Crippen LogP contribution in [0.1, 0.15) is 53.8 Å². The topological polar surface area (TPSA) is 83.8 Å². The molecule has 1 aliphatic carbocycles. The number of H-pyrrole nitrogens is 1. The Morgan fingerprint density at radius 3 is 2.90 bits per heavy atom. The normalized spacial score (nSPS) is 15.8. The second-order valence-electron chi connectivity index (χ2n) is 7.84. The summed E-state index contributed by atoms with van der Waals surface area (Å²) in [5.74, 6) is 1.09. The molecule has 4 aromatic rings. The lowest BCUT2D eigenvalue weighted by atomic mass is 9.87. The highest BCUT2D eigenvalue weighted by atomic mass is 16.4. The molecule has 0 saturated heterocycles. The molecule has 5 rings (SSSR count). The predicted octanol–water partition coefficient (Wildman–Crippen LogP) is 4.27. The Balaban J connectivity index is 1.18. The standard InChI is InChI=1S/C24H24N4O2/c29-22(26-21-11-5-7-16-6-1-2-8-18(16)21)12-13-23-27-28-24(30-23)14-17-15-25-20-10-4-3-9-19(17)20/h1-4,6,8-10,15,21,25H,5,7,11-14H2,(H,26,29)/t21-/m0/s1. The third-order valence-corrected chi connectivity index (χ3v) is 5.80. The second kappa shape index (κ2) is 8.14. The van der Waals surface area contributed by atoms with E-state index in [0.29, 0.717) is 31.0 Å². The molecule has 0 radical (unpaired) electrons. The van der Waals surface area contributed by atoms with Gasteiger partial charge in [0.25, 0.3) is 0 Å². The monoisotopic (exact) mass is 400 g/mol. The van der Waals surface area contributed by atoms with Gasteiger partial charge in [0.2, 0.25) is 17.7 Å². The van der Waals surface area contributed by atoms with Gasteiger partial charge in [-0.05, 0) is 42.0 Å². The molecule has 30 heavy (non-hydrogen) atoms. The van der Waals surface area contributed by atoms with Crippen molar-refractivity contribution in [2.24, 2.45) is 0 Å². The molecular weight excluding hydrogens is 376 g/mol. The number of fused-ring (bicyclic) bond motifs is 2. The van der Waals surface area contributed by atoms with Crippen LogP contribution in [-0.4, -0.2) is 21.1 Å². The number of nitrogens with one attached hydrogen (secondary N) is 2. The van der Waals surface area contributed by atoms with E-state index >= 15 is 0 Å². The SMILES string of the molecule is O=C(CCc1nnc(Cc2c[nH]c3ccccc23)o1)N[C@H]1CCCc2ccccc21. The second-order valence-corrected chi connectivity index (χ2v) is 7.84. The van der Waals surface area contributed by atoms with Crippen LogP contribution >= 0.6 is 0 Å². The Bertz CT molecular complexity index is 1180. The fourth-order valence-corrected chi connectivity index (χ4v) is 4.29. The summed E-state index contributed by atoms with van der Waals surface area (Å²) in [4.78, 5) is 15.8. The number of amides is 1. The highest BCUT2D eigenvalue weighted by Crippen LogP contribution is 2.29. The fourth-order valence-electron chi connectivity index (χ4n) is 4.29. The van der Waals surface area contributed by atoms with Crippen molar-refractivity contribution in [2.45, 2.75) is 44.6 Å². The molecule has 2 aromatic heterocycles. The molecule has 152 valence electrons. The van der Waals surface area contributed by atoms with E-state index in [1.165, 1.54) is 11.1 Å². The quantitative estimate of drug-likeness (QED) is 0.506. The Kier molecular flexibility index (Phi) is 5.05. The molecule has 0 bridgehead atoms. The lowest BCUT2D eigenvalue weighted by Crippen LogP contribution is -2.31. The number of carbonyl (C=O) groups excluding carboxylic acids is 1. The van der Waals surface area contributed by atoms with Gasteiger partial charge < -0.3 is 14.7 Å². The number of carbonyl (C=O) groups is 1. The summed E-state index contributed by atoms with van der Waals surface area (Å²) in [6.45, 7) is 0. The smallest absolute Gasteiger partial charge is 0.221 e. The van der Waals surface area contributed by atoms with Crippen LogP contribution in [0.5, 0.6) is 0 Å². The third kappa shape index (κ3) is 3.85. The summed E-state index contributed by atoms with van der Waals surface area (Å²) in [5, 5.41) is 12.6. The number of benzene rings is 2. The number of nitrogens with zero attached hydrogens (tertiary/aromatic N) is 2. The molecule has 1 aliphatic rings. The van der Waals surface area contributed by atoms with Crippen molar-refractivity contribution in [1.29, 1.82) is 0 Å². The Hall–Kier alpha value is -3.41. The Morgan fingerprint density at radius 1 is 1.10 bits per heavy atom. The Labute approximate surface area is 174 Å². The largest absolute Gasteiger partial charge is 0.425 e. The molecule has 0 unspecified atom stereocenters. The van der Waals surface area contributed by atoms with Crippen LogP contribution in [0.15, 0.2) is 59.1 Å². The lowest BCUT2D eigenvalue weighted by Gasteiger charge is -2.26. The summed E-state index contributed by atoms with van der Waals surface area (Å²) in [7, 11) is 0. The van der Waals surface area contributed by atoms with Gasteiger partial charge in [0.15, 0.2) is 0 Å². The maximum Gasteiger partial charge on any atom is 0.221 e. The predicted molar refractivity (Wildman–Crippen MR) is 114 cm³/mol. The maximum atomic E-state index is 12.5. The minimum atomic E-state index is 0.0214.